The van der Waals surface area contributed by atoms with Crippen molar-refractivity contribution in [3.8, 4) is 11.5 Å². The maximum Gasteiger partial charge on any atom is 0.172 e. The average Bonchev–Trinajstić information content (AvgIpc) is 2.36. The monoisotopic (exact) mass is 296 g/mol. The van der Waals surface area contributed by atoms with Crippen molar-refractivity contribution in [1.29, 1.82) is 0 Å². The van der Waals surface area contributed by atoms with Crippen molar-refractivity contribution in [3.63, 3.8) is 0 Å². The molecule has 3 nitrogen and oxygen atoms in total. The Morgan fingerprint density at radius 3 is 2.25 bits per heavy atom. The summed E-state index contributed by atoms with van der Waals surface area (Å²) in [6.07, 6.45) is 0.113. The first kappa shape index (κ1) is 16.9. The van der Waals surface area contributed by atoms with Crippen LogP contribution in [0.5, 0.6) is 11.5 Å². The topological polar surface area (TPSA) is 35.5 Å². The number of Topliss-reactive ketones (excluding diaryl/α,β-unsaturated/α-hetero) is 1. The van der Waals surface area contributed by atoms with E-state index in [1.54, 1.807) is 17.8 Å². The van der Waals surface area contributed by atoms with Gasteiger partial charge in [0.05, 0.1) is 18.0 Å². The highest BCUT2D eigenvalue weighted by Crippen LogP contribution is 2.30. The summed E-state index contributed by atoms with van der Waals surface area (Å²) in [6, 6.07) is 5.42. The second kappa shape index (κ2) is 8.20. The van der Waals surface area contributed by atoms with Crippen LogP contribution in [0, 0.1) is 0 Å². The van der Waals surface area contributed by atoms with E-state index < -0.39 is 0 Å². The van der Waals surface area contributed by atoms with Crippen LogP contribution in [-0.2, 0) is 0 Å². The molecule has 0 fully saturated rings. The lowest BCUT2D eigenvalue weighted by Gasteiger charge is -2.17. The van der Waals surface area contributed by atoms with Crippen LogP contribution < -0.4 is 9.47 Å². The third-order valence-electron chi connectivity index (χ3n) is 2.43. The highest BCUT2D eigenvalue weighted by Gasteiger charge is 2.13. The van der Waals surface area contributed by atoms with E-state index in [-0.39, 0.29) is 18.0 Å². The van der Waals surface area contributed by atoms with E-state index in [1.807, 2.05) is 46.8 Å². The smallest absolute Gasteiger partial charge is 0.172 e. The molecule has 1 aromatic carbocycles. The molecule has 0 aliphatic rings. The predicted octanol–water partition coefficient (Wildman–Crippen LogP) is 4.20. The van der Waals surface area contributed by atoms with E-state index >= 15 is 0 Å². The number of thioether (sulfide) groups is 1. The molecule has 0 radical (unpaired) electrons. The molecule has 1 rings (SSSR count). The lowest BCUT2D eigenvalue weighted by molar-refractivity contribution is 0.102. The van der Waals surface area contributed by atoms with E-state index in [0.717, 1.165) is 5.75 Å². The van der Waals surface area contributed by atoms with Crippen LogP contribution in [0.1, 0.15) is 45.0 Å². The quantitative estimate of drug-likeness (QED) is 0.674. The summed E-state index contributed by atoms with van der Waals surface area (Å²) < 4.78 is 11.5. The summed E-state index contributed by atoms with van der Waals surface area (Å²) in [6.45, 7) is 9.90. The summed E-state index contributed by atoms with van der Waals surface area (Å²) in [5.41, 5.74) is 0.678. The second-order valence-corrected chi connectivity index (χ2v) is 6.33. The molecule has 0 aliphatic carbocycles. The highest BCUT2D eigenvalue weighted by molar-refractivity contribution is 7.99. The first-order valence-electron chi connectivity index (χ1n) is 7.02. The normalized spacial score (nSPS) is 10.9. The number of benzene rings is 1. The van der Waals surface area contributed by atoms with Crippen LogP contribution in [-0.4, -0.2) is 29.5 Å². The summed E-state index contributed by atoms with van der Waals surface area (Å²) in [5, 5.41) is 0. The molecule has 0 aliphatic heterocycles. The maximum absolute atomic E-state index is 12.1. The molecule has 0 amide bonds. The van der Waals surface area contributed by atoms with Gasteiger partial charge in [0.1, 0.15) is 0 Å². The largest absolute Gasteiger partial charge is 0.487 e. The van der Waals surface area contributed by atoms with Gasteiger partial charge in [0.2, 0.25) is 0 Å². The first-order chi connectivity index (χ1) is 9.43. The molecular weight excluding hydrogens is 272 g/mol. The van der Waals surface area contributed by atoms with Gasteiger partial charge in [-0.1, -0.05) is 6.92 Å². The van der Waals surface area contributed by atoms with Crippen LogP contribution in [0.4, 0.5) is 0 Å². The standard InChI is InChI=1S/C16H24O3S/c1-6-20-10-14(17)13-7-8-15(18-11(2)3)16(9-13)19-12(4)5/h7-9,11-12H,6,10H2,1-5H3. The van der Waals surface area contributed by atoms with Gasteiger partial charge in [0.15, 0.2) is 17.3 Å². The predicted molar refractivity (Wildman–Crippen MR) is 85.3 cm³/mol. The Morgan fingerprint density at radius 1 is 1.10 bits per heavy atom. The van der Waals surface area contributed by atoms with E-state index in [9.17, 15) is 4.79 Å². The minimum absolute atomic E-state index is 0.0416. The van der Waals surface area contributed by atoms with Crippen molar-refractivity contribution in [3.05, 3.63) is 23.8 Å². The van der Waals surface area contributed by atoms with Crippen molar-refractivity contribution in [2.45, 2.75) is 46.8 Å². The Kier molecular flexibility index (Phi) is 6.93. The van der Waals surface area contributed by atoms with Gasteiger partial charge in [-0.15, -0.1) is 0 Å². The van der Waals surface area contributed by atoms with E-state index in [1.165, 1.54) is 0 Å². The van der Waals surface area contributed by atoms with E-state index in [0.29, 0.717) is 22.8 Å². The number of carbonyl (C=O) groups excluding carboxylic acids is 1. The molecule has 0 heterocycles. The molecule has 4 heteroatoms. The van der Waals surface area contributed by atoms with Crippen molar-refractivity contribution in [1.82, 2.24) is 0 Å². The lowest BCUT2D eigenvalue weighted by Crippen LogP contribution is -2.12. The van der Waals surface area contributed by atoms with Gasteiger partial charge in [-0.2, -0.15) is 11.8 Å². The van der Waals surface area contributed by atoms with Crippen LogP contribution in [0.3, 0.4) is 0 Å². The second-order valence-electron chi connectivity index (χ2n) is 5.06. The Balaban J connectivity index is 2.97. The van der Waals surface area contributed by atoms with Crippen molar-refractivity contribution < 1.29 is 14.3 Å². The average molecular weight is 296 g/mol. The molecule has 112 valence electrons. The summed E-state index contributed by atoms with van der Waals surface area (Å²) >= 11 is 1.62. The molecule has 0 bridgehead atoms. The minimum atomic E-state index is 0.0416. The van der Waals surface area contributed by atoms with Crippen LogP contribution in [0.25, 0.3) is 0 Å². The molecule has 0 N–H and O–H groups in total. The van der Waals surface area contributed by atoms with Crippen LogP contribution in [0.2, 0.25) is 0 Å². The number of ether oxygens (including phenoxy) is 2. The zero-order chi connectivity index (χ0) is 15.1. The van der Waals surface area contributed by atoms with Crippen LogP contribution >= 0.6 is 11.8 Å². The lowest BCUT2D eigenvalue weighted by atomic mass is 10.1. The Bertz CT molecular complexity index is 441. The van der Waals surface area contributed by atoms with Gasteiger partial charge >= 0.3 is 0 Å². The van der Waals surface area contributed by atoms with Gasteiger partial charge < -0.3 is 9.47 Å². The van der Waals surface area contributed by atoms with Gasteiger partial charge in [-0.05, 0) is 51.6 Å². The fraction of sp³-hybridized carbons (Fsp3) is 0.562. The molecule has 0 atom stereocenters. The Morgan fingerprint density at radius 2 is 1.70 bits per heavy atom. The summed E-state index contributed by atoms with van der Waals surface area (Å²) in [5.74, 6) is 2.90. The van der Waals surface area contributed by atoms with E-state index in [2.05, 4.69) is 0 Å². The third kappa shape index (κ3) is 5.45. The number of carbonyl (C=O) groups is 1. The Hall–Kier alpha value is -1.16. The van der Waals surface area contributed by atoms with Gasteiger partial charge in [-0.25, -0.2) is 0 Å². The SMILES string of the molecule is CCSCC(=O)c1ccc(OC(C)C)c(OC(C)C)c1. The van der Waals surface area contributed by atoms with Gasteiger partial charge in [-0.3, -0.25) is 4.79 Å². The van der Waals surface area contributed by atoms with Crippen molar-refractivity contribution >= 4 is 17.5 Å². The zero-order valence-corrected chi connectivity index (χ0v) is 13.8. The molecular formula is C16H24O3S. The van der Waals surface area contributed by atoms with Crippen LogP contribution in [0.15, 0.2) is 18.2 Å². The summed E-state index contributed by atoms with van der Waals surface area (Å²) in [4.78, 5) is 12.1. The third-order valence-corrected chi connectivity index (χ3v) is 3.30. The molecule has 0 aromatic heterocycles. The fourth-order valence-corrected chi connectivity index (χ4v) is 2.21. The molecule has 0 spiro atoms. The first-order valence-corrected chi connectivity index (χ1v) is 8.17. The zero-order valence-electron chi connectivity index (χ0n) is 12.9. The number of rotatable bonds is 8. The fourth-order valence-electron chi connectivity index (χ4n) is 1.66. The number of hydrogen-bond donors (Lipinski definition) is 0. The molecule has 1 aromatic rings. The summed E-state index contributed by atoms with van der Waals surface area (Å²) in [7, 11) is 0. The highest BCUT2D eigenvalue weighted by atomic mass is 32.2. The minimum Gasteiger partial charge on any atom is -0.487 e. The van der Waals surface area contributed by atoms with Crippen molar-refractivity contribution in [2.24, 2.45) is 0 Å². The number of ketones is 1. The number of hydrogen-bond acceptors (Lipinski definition) is 4. The molecule has 0 saturated carbocycles. The molecule has 0 saturated heterocycles. The van der Waals surface area contributed by atoms with Gasteiger partial charge in [0, 0.05) is 5.56 Å². The molecule has 20 heavy (non-hydrogen) atoms. The Labute approximate surface area is 126 Å². The van der Waals surface area contributed by atoms with E-state index in [4.69, 9.17) is 9.47 Å². The van der Waals surface area contributed by atoms with Gasteiger partial charge in [0.25, 0.3) is 0 Å². The van der Waals surface area contributed by atoms with Crippen molar-refractivity contribution in [2.75, 3.05) is 11.5 Å². The molecule has 0 unspecified atom stereocenters. The maximum atomic E-state index is 12.1.